The number of carbonyl (C=O) groups is 1. The molecule has 2 N–H and O–H groups in total. The van der Waals surface area contributed by atoms with Gasteiger partial charge >= 0.3 is 5.69 Å². The summed E-state index contributed by atoms with van der Waals surface area (Å²) in [7, 11) is 0. The highest BCUT2D eigenvalue weighted by atomic mass is 16.2. The molecule has 0 saturated heterocycles. The largest absolute Gasteiger partial charge is 0.347 e. The summed E-state index contributed by atoms with van der Waals surface area (Å²) in [6.45, 7) is 2.93. The molecular weight excluding hydrogens is 342 g/mol. The summed E-state index contributed by atoms with van der Waals surface area (Å²) in [4.78, 5) is 32.8. The van der Waals surface area contributed by atoms with Gasteiger partial charge in [-0.05, 0) is 30.7 Å². The zero-order chi connectivity index (χ0) is 18.8. The van der Waals surface area contributed by atoms with E-state index in [1.54, 1.807) is 4.57 Å². The van der Waals surface area contributed by atoms with Crippen molar-refractivity contribution in [2.24, 2.45) is 0 Å². The van der Waals surface area contributed by atoms with Gasteiger partial charge in [0, 0.05) is 6.54 Å². The molecule has 0 fully saturated rings. The first-order chi connectivity index (χ1) is 13.2. The van der Waals surface area contributed by atoms with Crippen molar-refractivity contribution in [2.75, 3.05) is 0 Å². The Morgan fingerprint density at radius 1 is 1.07 bits per heavy atom. The highest BCUT2D eigenvalue weighted by Gasteiger charge is 2.15. The molecule has 1 amide bonds. The second kappa shape index (κ2) is 7.11. The Labute approximate surface area is 155 Å². The number of fused-ring (bicyclic) bond motifs is 2. The Balaban J connectivity index is 1.52. The fourth-order valence-corrected chi connectivity index (χ4v) is 3.34. The number of aryl methyl sites for hydroxylation is 1. The second-order valence-corrected chi connectivity index (χ2v) is 6.49. The molecule has 2 aromatic carbocycles. The lowest BCUT2D eigenvalue weighted by molar-refractivity contribution is -0.121. The second-order valence-electron chi connectivity index (χ2n) is 6.49. The van der Waals surface area contributed by atoms with Crippen LogP contribution in [0.25, 0.3) is 22.1 Å². The fourth-order valence-electron chi connectivity index (χ4n) is 3.34. The third-order valence-corrected chi connectivity index (χ3v) is 4.57. The lowest BCUT2D eigenvalue weighted by Gasteiger charge is -2.04. The lowest BCUT2D eigenvalue weighted by Crippen LogP contribution is -2.33. The van der Waals surface area contributed by atoms with Crippen LogP contribution in [0.15, 0.2) is 53.3 Å². The van der Waals surface area contributed by atoms with E-state index in [1.807, 2.05) is 55.5 Å². The first-order valence-electron chi connectivity index (χ1n) is 9.05. The van der Waals surface area contributed by atoms with Crippen molar-refractivity contribution in [2.45, 2.75) is 33.0 Å². The molecule has 7 nitrogen and oxygen atoms in total. The van der Waals surface area contributed by atoms with Crippen molar-refractivity contribution in [3.05, 3.63) is 64.8 Å². The van der Waals surface area contributed by atoms with Crippen LogP contribution < -0.4 is 11.0 Å². The number of amides is 1. The molecule has 0 aliphatic rings. The summed E-state index contributed by atoms with van der Waals surface area (Å²) in [5, 5.41) is 2.84. The first kappa shape index (κ1) is 17.1. The number of aromatic amines is 1. The Kier molecular flexibility index (Phi) is 4.50. The zero-order valence-electron chi connectivity index (χ0n) is 15.1. The van der Waals surface area contributed by atoms with Crippen molar-refractivity contribution in [3.8, 4) is 0 Å². The molecule has 2 aromatic heterocycles. The Bertz CT molecular complexity index is 1140. The normalized spacial score (nSPS) is 11.3. The quantitative estimate of drug-likeness (QED) is 0.552. The summed E-state index contributed by atoms with van der Waals surface area (Å²) in [6.07, 6.45) is 0.853. The average Bonchev–Trinajstić information content (AvgIpc) is 3.21. The number of hydrogen-bond acceptors (Lipinski definition) is 3. The number of imidazole rings is 2. The average molecular weight is 363 g/mol. The van der Waals surface area contributed by atoms with Gasteiger partial charge in [0.15, 0.2) is 0 Å². The van der Waals surface area contributed by atoms with E-state index in [4.69, 9.17) is 0 Å². The van der Waals surface area contributed by atoms with Gasteiger partial charge in [0.25, 0.3) is 0 Å². The van der Waals surface area contributed by atoms with Gasteiger partial charge < -0.3 is 10.3 Å². The van der Waals surface area contributed by atoms with E-state index in [0.29, 0.717) is 12.4 Å². The Hall–Kier alpha value is -3.35. The number of rotatable bonds is 6. The van der Waals surface area contributed by atoms with E-state index < -0.39 is 0 Å². The molecule has 0 saturated carbocycles. The SMILES string of the molecule is CCCn1c(=O)n(CC(=O)NCc2nc3ccccc3[nH]2)c2ccccc21. The molecule has 0 atom stereocenters. The van der Waals surface area contributed by atoms with Crippen LogP contribution in [0.5, 0.6) is 0 Å². The van der Waals surface area contributed by atoms with Gasteiger partial charge in [-0.1, -0.05) is 31.2 Å². The predicted octanol–water partition coefficient (Wildman–Crippen LogP) is 2.41. The minimum atomic E-state index is -0.225. The molecule has 0 spiro atoms. The Morgan fingerprint density at radius 2 is 1.78 bits per heavy atom. The highest BCUT2D eigenvalue weighted by molar-refractivity contribution is 5.81. The van der Waals surface area contributed by atoms with Crippen LogP contribution in [0.2, 0.25) is 0 Å². The van der Waals surface area contributed by atoms with Crippen LogP contribution in [0.3, 0.4) is 0 Å². The van der Waals surface area contributed by atoms with Crippen molar-refractivity contribution >= 4 is 28.0 Å². The summed E-state index contributed by atoms with van der Waals surface area (Å²) in [5.74, 6) is 0.460. The van der Waals surface area contributed by atoms with Gasteiger partial charge in [-0.3, -0.25) is 13.9 Å². The number of para-hydroxylation sites is 4. The van der Waals surface area contributed by atoms with Crippen LogP contribution in [0.1, 0.15) is 19.2 Å². The van der Waals surface area contributed by atoms with Gasteiger partial charge in [0.05, 0.1) is 28.6 Å². The zero-order valence-corrected chi connectivity index (χ0v) is 15.1. The minimum Gasteiger partial charge on any atom is -0.347 e. The molecule has 7 heteroatoms. The summed E-state index contributed by atoms with van der Waals surface area (Å²) >= 11 is 0. The molecule has 2 heterocycles. The van der Waals surface area contributed by atoms with Crippen molar-refractivity contribution in [1.82, 2.24) is 24.4 Å². The molecule has 138 valence electrons. The fraction of sp³-hybridized carbons (Fsp3) is 0.250. The van der Waals surface area contributed by atoms with Crippen LogP contribution >= 0.6 is 0 Å². The maximum atomic E-state index is 12.7. The summed E-state index contributed by atoms with van der Waals surface area (Å²) in [6, 6.07) is 15.3. The maximum absolute atomic E-state index is 12.7. The van der Waals surface area contributed by atoms with E-state index in [1.165, 1.54) is 4.57 Å². The molecule has 4 aromatic rings. The number of nitrogens with one attached hydrogen (secondary N) is 2. The van der Waals surface area contributed by atoms with Gasteiger partial charge in [-0.25, -0.2) is 9.78 Å². The molecule has 0 radical (unpaired) electrons. The van der Waals surface area contributed by atoms with Gasteiger partial charge in [0.2, 0.25) is 5.91 Å². The third-order valence-electron chi connectivity index (χ3n) is 4.57. The van der Waals surface area contributed by atoms with Gasteiger partial charge in [0.1, 0.15) is 12.4 Å². The van der Waals surface area contributed by atoms with E-state index in [0.717, 1.165) is 28.5 Å². The van der Waals surface area contributed by atoms with Crippen molar-refractivity contribution < 1.29 is 4.79 Å². The molecule has 0 bridgehead atoms. The molecule has 27 heavy (non-hydrogen) atoms. The number of benzene rings is 2. The minimum absolute atomic E-state index is 0.0176. The summed E-state index contributed by atoms with van der Waals surface area (Å²) in [5.41, 5.74) is 3.27. The van der Waals surface area contributed by atoms with E-state index >= 15 is 0 Å². The molecule has 0 aliphatic heterocycles. The van der Waals surface area contributed by atoms with Crippen molar-refractivity contribution in [1.29, 1.82) is 0 Å². The van der Waals surface area contributed by atoms with Crippen LogP contribution in [0, 0.1) is 0 Å². The summed E-state index contributed by atoms with van der Waals surface area (Å²) < 4.78 is 3.25. The standard InChI is InChI=1S/C20H21N5O2/c1-2-11-24-16-9-5-6-10-17(16)25(20(24)27)13-19(26)21-12-18-22-14-7-3-4-8-15(14)23-18/h3-10H,2,11-13H2,1H3,(H,21,26)(H,22,23). The number of H-pyrrole nitrogens is 1. The first-order valence-corrected chi connectivity index (χ1v) is 9.05. The molecule has 0 aliphatic carbocycles. The molecule has 0 unspecified atom stereocenters. The smallest absolute Gasteiger partial charge is 0.329 e. The monoisotopic (exact) mass is 363 g/mol. The van der Waals surface area contributed by atoms with Crippen LogP contribution in [0.4, 0.5) is 0 Å². The van der Waals surface area contributed by atoms with E-state index in [2.05, 4.69) is 15.3 Å². The predicted molar refractivity (Wildman–Crippen MR) is 104 cm³/mol. The van der Waals surface area contributed by atoms with Crippen LogP contribution in [-0.2, 0) is 24.4 Å². The van der Waals surface area contributed by atoms with Crippen molar-refractivity contribution in [3.63, 3.8) is 0 Å². The lowest BCUT2D eigenvalue weighted by atomic mass is 10.3. The third kappa shape index (κ3) is 3.23. The van der Waals surface area contributed by atoms with Gasteiger partial charge in [-0.15, -0.1) is 0 Å². The number of nitrogens with zero attached hydrogens (tertiary/aromatic N) is 3. The maximum Gasteiger partial charge on any atom is 0.329 e. The number of hydrogen-bond donors (Lipinski definition) is 2. The van der Waals surface area contributed by atoms with Gasteiger partial charge in [-0.2, -0.15) is 0 Å². The highest BCUT2D eigenvalue weighted by Crippen LogP contribution is 2.13. The number of aromatic nitrogens is 4. The molecular formula is C20H21N5O2. The topological polar surface area (TPSA) is 84.7 Å². The van der Waals surface area contributed by atoms with Crippen LogP contribution in [-0.4, -0.2) is 25.0 Å². The number of carbonyl (C=O) groups excluding carboxylic acids is 1. The molecule has 4 rings (SSSR count). The van der Waals surface area contributed by atoms with E-state index in [-0.39, 0.29) is 24.7 Å². The van der Waals surface area contributed by atoms with E-state index in [9.17, 15) is 9.59 Å². The Morgan fingerprint density at radius 3 is 2.52 bits per heavy atom.